The molecule has 0 saturated carbocycles. The van der Waals surface area contributed by atoms with Gasteiger partial charge in [-0.05, 0) is 30.5 Å². The lowest BCUT2D eigenvalue weighted by atomic mass is 9.95. The number of hydrogen-bond donors (Lipinski definition) is 0. The molecule has 0 aliphatic carbocycles. The van der Waals surface area contributed by atoms with E-state index in [0.717, 1.165) is 50.5 Å². The number of amides is 1. The Bertz CT molecular complexity index is 914. The predicted molar refractivity (Wildman–Crippen MR) is 105 cm³/mol. The number of pyridine rings is 1. The highest BCUT2D eigenvalue weighted by atomic mass is 16.2. The fourth-order valence-corrected chi connectivity index (χ4v) is 3.67. The SMILES string of the molecule is CCc1ncc(C(=O)N2CCC(c3nccn3Cc3ccncc3)CC2)cn1. The first-order valence-electron chi connectivity index (χ1n) is 9.74. The van der Waals surface area contributed by atoms with Crippen molar-refractivity contribution in [2.75, 3.05) is 13.1 Å². The fourth-order valence-electron chi connectivity index (χ4n) is 3.67. The number of rotatable bonds is 5. The number of hydrogen-bond acceptors (Lipinski definition) is 5. The van der Waals surface area contributed by atoms with Crippen LogP contribution in [-0.2, 0) is 13.0 Å². The number of carbonyl (C=O) groups excluding carboxylic acids is 1. The van der Waals surface area contributed by atoms with Crippen molar-refractivity contribution < 1.29 is 4.79 Å². The molecule has 0 N–H and O–H groups in total. The molecule has 1 saturated heterocycles. The van der Waals surface area contributed by atoms with E-state index in [1.54, 1.807) is 12.4 Å². The Morgan fingerprint density at radius 2 is 1.79 bits per heavy atom. The molecule has 0 bridgehead atoms. The molecule has 144 valence electrons. The third kappa shape index (κ3) is 3.93. The monoisotopic (exact) mass is 376 g/mol. The van der Waals surface area contributed by atoms with Gasteiger partial charge in [0.1, 0.15) is 11.6 Å². The lowest BCUT2D eigenvalue weighted by Crippen LogP contribution is -2.38. The van der Waals surface area contributed by atoms with E-state index in [0.29, 0.717) is 11.5 Å². The van der Waals surface area contributed by atoms with Gasteiger partial charge in [0.05, 0.1) is 5.56 Å². The van der Waals surface area contributed by atoms with Crippen LogP contribution in [0.15, 0.2) is 49.3 Å². The summed E-state index contributed by atoms with van der Waals surface area (Å²) in [5, 5.41) is 0. The van der Waals surface area contributed by atoms with Crippen molar-refractivity contribution in [2.24, 2.45) is 0 Å². The first kappa shape index (κ1) is 18.3. The van der Waals surface area contributed by atoms with Gasteiger partial charge in [-0.2, -0.15) is 0 Å². The van der Waals surface area contributed by atoms with Crippen molar-refractivity contribution in [3.05, 3.63) is 72.1 Å². The summed E-state index contributed by atoms with van der Waals surface area (Å²) in [5.74, 6) is 2.23. The van der Waals surface area contributed by atoms with E-state index in [1.165, 1.54) is 5.56 Å². The highest BCUT2D eigenvalue weighted by Crippen LogP contribution is 2.28. The van der Waals surface area contributed by atoms with Gasteiger partial charge in [-0.1, -0.05) is 6.92 Å². The van der Waals surface area contributed by atoms with Gasteiger partial charge in [-0.15, -0.1) is 0 Å². The molecule has 0 unspecified atom stereocenters. The van der Waals surface area contributed by atoms with Gasteiger partial charge in [-0.25, -0.2) is 15.0 Å². The van der Waals surface area contributed by atoms with Crippen molar-refractivity contribution in [1.82, 2.24) is 29.4 Å². The van der Waals surface area contributed by atoms with Crippen LogP contribution in [0.5, 0.6) is 0 Å². The van der Waals surface area contributed by atoms with Gasteiger partial charge < -0.3 is 9.47 Å². The zero-order valence-corrected chi connectivity index (χ0v) is 16.0. The minimum Gasteiger partial charge on any atom is -0.339 e. The zero-order valence-electron chi connectivity index (χ0n) is 16.0. The van der Waals surface area contributed by atoms with E-state index in [9.17, 15) is 4.79 Å². The average molecular weight is 376 g/mol. The molecule has 4 heterocycles. The molecule has 1 fully saturated rings. The summed E-state index contributed by atoms with van der Waals surface area (Å²) in [6.45, 7) is 4.24. The minimum atomic E-state index is 0.0150. The van der Waals surface area contributed by atoms with Gasteiger partial charge in [0.15, 0.2) is 0 Å². The zero-order chi connectivity index (χ0) is 19.3. The number of aromatic nitrogens is 5. The molecule has 0 atom stereocenters. The number of imidazole rings is 1. The first-order chi connectivity index (χ1) is 13.7. The van der Waals surface area contributed by atoms with Gasteiger partial charge in [0, 0.05) is 69.2 Å². The van der Waals surface area contributed by atoms with E-state index in [2.05, 4.69) is 24.5 Å². The molecule has 3 aromatic rings. The summed E-state index contributed by atoms with van der Waals surface area (Å²) < 4.78 is 2.20. The summed E-state index contributed by atoms with van der Waals surface area (Å²) >= 11 is 0. The van der Waals surface area contributed by atoms with E-state index in [1.807, 2.05) is 48.7 Å². The van der Waals surface area contributed by atoms with Crippen LogP contribution in [0.4, 0.5) is 0 Å². The van der Waals surface area contributed by atoms with Crippen LogP contribution < -0.4 is 0 Å². The van der Waals surface area contributed by atoms with Crippen LogP contribution in [0.2, 0.25) is 0 Å². The quantitative estimate of drug-likeness (QED) is 0.684. The molecule has 4 rings (SSSR count). The number of likely N-dealkylation sites (tertiary alicyclic amines) is 1. The van der Waals surface area contributed by atoms with Gasteiger partial charge in [-0.3, -0.25) is 9.78 Å². The van der Waals surface area contributed by atoms with Crippen molar-refractivity contribution in [3.63, 3.8) is 0 Å². The largest absolute Gasteiger partial charge is 0.339 e. The second-order valence-electron chi connectivity index (χ2n) is 7.08. The number of piperidine rings is 1. The molecule has 1 aliphatic rings. The van der Waals surface area contributed by atoms with Crippen LogP contribution in [-0.4, -0.2) is 48.4 Å². The average Bonchev–Trinajstić information content (AvgIpc) is 3.22. The van der Waals surface area contributed by atoms with Crippen LogP contribution >= 0.6 is 0 Å². The lowest BCUT2D eigenvalue weighted by Gasteiger charge is -2.32. The molecule has 3 aromatic heterocycles. The van der Waals surface area contributed by atoms with E-state index in [4.69, 9.17) is 0 Å². The maximum Gasteiger partial charge on any atom is 0.256 e. The Hall–Kier alpha value is -3.09. The molecule has 0 aromatic carbocycles. The van der Waals surface area contributed by atoms with Crippen molar-refractivity contribution >= 4 is 5.91 Å². The Kier molecular flexibility index (Phi) is 5.41. The Balaban J connectivity index is 1.39. The van der Waals surface area contributed by atoms with Crippen LogP contribution in [0.3, 0.4) is 0 Å². The van der Waals surface area contributed by atoms with Crippen molar-refractivity contribution in [1.29, 1.82) is 0 Å². The molecule has 0 radical (unpaired) electrons. The number of carbonyl (C=O) groups is 1. The Labute approximate surface area is 164 Å². The molecule has 7 heteroatoms. The minimum absolute atomic E-state index is 0.0150. The van der Waals surface area contributed by atoms with E-state index >= 15 is 0 Å². The Morgan fingerprint density at radius 1 is 1.07 bits per heavy atom. The topological polar surface area (TPSA) is 76.8 Å². The molecule has 7 nitrogen and oxygen atoms in total. The van der Waals surface area contributed by atoms with E-state index < -0.39 is 0 Å². The van der Waals surface area contributed by atoms with Gasteiger partial charge >= 0.3 is 0 Å². The maximum absolute atomic E-state index is 12.7. The lowest BCUT2D eigenvalue weighted by molar-refractivity contribution is 0.0709. The number of aryl methyl sites for hydroxylation is 1. The summed E-state index contributed by atoms with van der Waals surface area (Å²) in [4.78, 5) is 31.8. The second kappa shape index (κ2) is 8.29. The molecule has 28 heavy (non-hydrogen) atoms. The molecular formula is C21H24N6O. The number of nitrogens with zero attached hydrogens (tertiary/aromatic N) is 6. The Morgan fingerprint density at radius 3 is 2.46 bits per heavy atom. The van der Waals surface area contributed by atoms with Crippen LogP contribution in [0, 0.1) is 0 Å². The van der Waals surface area contributed by atoms with E-state index in [-0.39, 0.29) is 5.91 Å². The normalized spacial score (nSPS) is 15.0. The van der Waals surface area contributed by atoms with Crippen LogP contribution in [0.1, 0.15) is 53.3 Å². The van der Waals surface area contributed by atoms with Crippen LogP contribution in [0.25, 0.3) is 0 Å². The summed E-state index contributed by atoms with van der Waals surface area (Å²) in [6, 6.07) is 4.05. The summed E-state index contributed by atoms with van der Waals surface area (Å²) in [7, 11) is 0. The molecule has 1 amide bonds. The van der Waals surface area contributed by atoms with Crippen molar-refractivity contribution in [2.45, 2.75) is 38.6 Å². The maximum atomic E-state index is 12.7. The summed E-state index contributed by atoms with van der Waals surface area (Å²) in [5.41, 5.74) is 1.77. The molecule has 0 spiro atoms. The molecular weight excluding hydrogens is 352 g/mol. The fraction of sp³-hybridized carbons (Fsp3) is 0.381. The third-order valence-electron chi connectivity index (χ3n) is 5.27. The highest BCUT2D eigenvalue weighted by molar-refractivity contribution is 5.93. The van der Waals surface area contributed by atoms with Crippen molar-refractivity contribution in [3.8, 4) is 0 Å². The van der Waals surface area contributed by atoms with Gasteiger partial charge in [0.2, 0.25) is 0 Å². The predicted octanol–water partition coefficient (Wildman–Crippen LogP) is 2.70. The summed E-state index contributed by atoms with van der Waals surface area (Å²) in [6.07, 6.45) is 13.4. The smallest absolute Gasteiger partial charge is 0.256 e. The first-order valence-corrected chi connectivity index (χ1v) is 9.74. The third-order valence-corrected chi connectivity index (χ3v) is 5.27. The highest BCUT2D eigenvalue weighted by Gasteiger charge is 2.27. The second-order valence-corrected chi connectivity index (χ2v) is 7.08. The standard InChI is InChI=1S/C21H24N6O/c1-2-19-24-13-18(14-25-19)21(28)26-10-5-17(6-11-26)20-23-9-12-27(20)15-16-3-7-22-8-4-16/h3-4,7-9,12-14,17H,2,5-6,10-11,15H2,1H3. The molecule has 1 aliphatic heterocycles. The van der Waals surface area contributed by atoms with Gasteiger partial charge in [0.25, 0.3) is 5.91 Å².